The Bertz CT molecular complexity index is 639. The first-order valence-electron chi connectivity index (χ1n) is 9.49. The van der Waals surface area contributed by atoms with Gasteiger partial charge in [0.15, 0.2) is 0 Å². The topological polar surface area (TPSA) is 43.9 Å². The van der Waals surface area contributed by atoms with Gasteiger partial charge in [0.2, 0.25) is 5.91 Å². The van der Waals surface area contributed by atoms with E-state index in [0.717, 1.165) is 31.4 Å². The minimum absolute atomic E-state index is 0.0121. The maximum atomic E-state index is 13.2. The molecule has 1 atom stereocenters. The number of benzene rings is 1. The van der Waals surface area contributed by atoms with Crippen LogP contribution < -0.4 is 0 Å². The van der Waals surface area contributed by atoms with Crippen LogP contribution in [0.1, 0.15) is 43.7 Å². The molecule has 2 saturated heterocycles. The third-order valence-corrected chi connectivity index (χ3v) is 5.54. The van der Waals surface area contributed by atoms with Crippen molar-refractivity contribution in [2.45, 2.75) is 38.1 Å². The molecule has 0 aliphatic carbocycles. The zero-order valence-electron chi connectivity index (χ0n) is 15.7. The van der Waals surface area contributed by atoms with Gasteiger partial charge in [-0.15, -0.1) is 0 Å². The summed E-state index contributed by atoms with van der Waals surface area (Å²) in [5, 5.41) is 0. The number of urea groups is 1. The lowest BCUT2D eigenvalue weighted by atomic mass is 9.90. The highest BCUT2D eigenvalue weighted by molar-refractivity contribution is 5.80. The molecule has 0 N–H and O–H groups in total. The van der Waals surface area contributed by atoms with E-state index in [2.05, 4.69) is 0 Å². The fraction of sp³-hybridized carbons (Fsp3) is 0.600. The fourth-order valence-electron chi connectivity index (χ4n) is 4.06. The zero-order chi connectivity index (χ0) is 18.7. The number of carbonyl (C=O) groups is 2. The molecule has 142 valence electrons. The van der Waals surface area contributed by atoms with Crippen molar-refractivity contribution in [2.24, 2.45) is 5.92 Å². The van der Waals surface area contributed by atoms with Crippen LogP contribution in [0.5, 0.6) is 0 Å². The molecule has 0 aromatic heterocycles. The van der Waals surface area contributed by atoms with Crippen molar-refractivity contribution < 1.29 is 14.0 Å². The first-order chi connectivity index (χ1) is 12.5. The Morgan fingerprint density at radius 3 is 2.27 bits per heavy atom. The molecule has 2 aliphatic heterocycles. The van der Waals surface area contributed by atoms with Gasteiger partial charge >= 0.3 is 6.03 Å². The Hall–Kier alpha value is -2.11. The molecule has 5 nitrogen and oxygen atoms in total. The number of carbonyl (C=O) groups excluding carboxylic acids is 2. The lowest BCUT2D eigenvalue weighted by Crippen LogP contribution is -2.48. The molecule has 0 unspecified atom stereocenters. The van der Waals surface area contributed by atoms with Gasteiger partial charge in [-0.2, -0.15) is 0 Å². The van der Waals surface area contributed by atoms with Gasteiger partial charge in [-0.1, -0.05) is 12.1 Å². The third-order valence-electron chi connectivity index (χ3n) is 5.54. The van der Waals surface area contributed by atoms with Gasteiger partial charge in [-0.25, -0.2) is 9.18 Å². The largest absolute Gasteiger partial charge is 0.335 e. The smallest absolute Gasteiger partial charge is 0.319 e. The Labute approximate surface area is 154 Å². The van der Waals surface area contributed by atoms with Gasteiger partial charge in [0, 0.05) is 39.6 Å². The SMILES string of the molecule is CN(C)C(=O)N1CCC(C(=O)N2CCCC[C@H]2c2ccc(F)cc2)CC1. The highest BCUT2D eigenvalue weighted by Gasteiger charge is 2.35. The van der Waals surface area contributed by atoms with E-state index in [-0.39, 0.29) is 29.7 Å². The highest BCUT2D eigenvalue weighted by Crippen LogP contribution is 2.33. The summed E-state index contributed by atoms with van der Waals surface area (Å²) in [6.07, 6.45) is 4.45. The number of hydrogen-bond acceptors (Lipinski definition) is 2. The molecule has 2 fully saturated rings. The van der Waals surface area contributed by atoms with E-state index in [9.17, 15) is 14.0 Å². The second-order valence-electron chi connectivity index (χ2n) is 7.53. The molecule has 2 aliphatic rings. The first kappa shape index (κ1) is 18.7. The molecule has 26 heavy (non-hydrogen) atoms. The Kier molecular flexibility index (Phi) is 5.79. The van der Waals surface area contributed by atoms with Crippen molar-refractivity contribution in [2.75, 3.05) is 33.7 Å². The monoisotopic (exact) mass is 361 g/mol. The average Bonchev–Trinajstić information content (AvgIpc) is 2.67. The summed E-state index contributed by atoms with van der Waals surface area (Å²) < 4.78 is 13.2. The number of rotatable bonds is 2. The number of piperidine rings is 2. The number of likely N-dealkylation sites (tertiary alicyclic amines) is 2. The second-order valence-corrected chi connectivity index (χ2v) is 7.53. The standard InChI is InChI=1S/C20H28FN3O2/c1-22(2)20(26)23-13-10-16(11-14-23)19(25)24-12-4-3-5-18(24)15-6-8-17(21)9-7-15/h6-9,16,18H,3-5,10-14H2,1-2H3/t18-/m0/s1. The summed E-state index contributed by atoms with van der Waals surface area (Å²) in [5.74, 6) is -0.0846. The Morgan fingerprint density at radius 1 is 1.00 bits per heavy atom. The first-order valence-corrected chi connectivity index (χ1v) is 9.49. The van der Waals surface area contributed by atoms with Crippen LogP contribution in [0.2, 0.25) is 0 Å². The van der Waals surface area contributed by atoms with Gasteiger partial charge in [0.25, 0.3) is 0 Å². The molecular weight excluding hydrogens is 333 g/mol. The van der Waals surface area contributed by atoms with Crippen LogP contribution in [0.25, 0.3) is 0 Å². The van der Waals surface area contributed by atoms with E-state index < -0.39 is 0 Å². The van der Waals surface area contributed by atoms with E-state index in [1.807, 2.05) is 9.80 Å². The summed E-state index contributed by atoms with van der Waals surface area (Å²) in [5.41, 5.74) is 1.01. The number of nitrogens with zero attached hydrogens (tertiary/aromatic N) is 3. The van der Waals surface area contributed by atoms with E-state index >= 15 is 0 Å². The molecule has 6 heteroatoms. The minimum atomic E-state index is -0.250. The van der Waals surface area contributed by atoms with Crippen molar-refractivity contribution in [3.8, 4) is 0 Å². The second kappa shape index (κ2) is 8.06. The van der Waals surface area contributed by atoms with E-state index in [4.69, 9.17) is 0 Å². The van der Waals surface area contributed by atoms with E-state index in [1.54, 1.807) is 31.1 Å². The summed E-state index contributed by atoms with van der Waals surface area (Å²) in [6, 6.07) is 6.58. The highest BCUT2D eigenvalue weighted by atomic mass is 19.1. The number of amides is 3. The van der Waals surface area contributed by atoms with Crippen LogP contribution in [-0.2, 0) is 4.79 Å². The Balaban J connectivity index is 1.66. The molecule has 3 amide bonds. The van der Waals surface area contributed by atoms with Gasteiger partial charge in [-0.3, -0.25) is 4.79 Å². The molecule has 3 rings (SSSR count). The van der Waals surface area contributed by atoms with Crippen molar-refractivity contribution in [3.63, 3.8) is 0 Å². The summed E-state index contributed by atoms with van der Waals surface area (Å²) in [4.78, 5) is 30.6. The molecule has 0 saturated carbocycles. The van der Waals surface area contributed by atoms with Crippen LogP contribution >= 0.6 is 0 Å². The van der Waals surface area contributed by atoms with Gasteiger partial charge in [0.1, 0.15) is 5.82 Å². The zero-order valence-corrected chi connectivity index (χ0v) is 15.7. The van der Waals surface area contributed by atoms with Crippen molar-refractivity contribution in [1.82, 2.24) is 14.7 Å². The quantitative estimate of drug-likeness (QED) is 0.811. The predicted molar refractivity (Wildman–Crippen MR) is 98.1 cm³/mol. The van der Waals surface area contributed by atoms with E-state index in [1.165, 1.54) is 12.1 Å². The van der Waals surface area contributed by atoms with E-state index in [0.29, 0.717) is 25.9 Å². The van der Waals surface area contributed by atoms with Gasteiger partial charge in [-0.05, 0) is 49.8 Å². The van der Waals surface area contributed by atoms with Gasteiger partial charge in [0.05, 0.1) is 6.04 Å². The van der Waals surface area contributed by atoms with Crippen molar-refractivity contribution in [3.05, 3.63) is 35.6 Å². The number of hydrogen-bond donors (Lipinski definition) is 0. The van der Waals surface area contributed by atoms with Crippen molar-refractivity contribution >= 4 is 11.9 Å². The Morgan fingerprint density at radius 2 is 1.65 bits per heavy atom. The summed E-state index contributed by atoms with van der Waals surface area (Å²) in [7, 11) is 3.50. The molecule has 1 aromatic carbocycles. The molecular formula is C20H28FN3O2. The minimum Gasteiger partial charge on any atom is -0.335 e. The summed E-state index contributed by atoms with van der Waals surface area (Å²) in [6.45, 7) is 2.02. The predicted octanol–water partition coefficient (Wildman–Crippen LogP) is 3.27. The number of halogens is 1. The molecule has 0 radical (unpaired) electrons. The van der Waals surface area contributed by atoms with Crippen LogP contribution in [0.4, 0.5) is 9.18 Å². The molecule has 1 aromatic rings. The average molecular weight is 361 g/mol. The van der Waals surface area contributed by atoms with Crippen LogP contribution in [-0.4, -0.2) is 60.4 Å². The lowest BCUT2D eigenvalue weighted by Gasteiger charge is -2.40. The lowest BCUT2D eigenvalue weighted by molar-refractivity contribution is -0.141. The van der Waals surface area contributed by atoms with Crippen LogP contribution in [0, 0.1) is 11.7 Å². The maximum Gasteiger partial charge on any atom is 0.319 e. The van der Waals surface area contributed by atoms with Crippen LogP contribution in [0.3, 0.4) is 0 Å². The fourth-order valence-corrected chi connectivity index (χ4v) is 4.06. The third kappa shape index (κ3) is 4.00. The van der Waals surface area contributed by atoms with Gasteiger partial charge < -0.3 is 14.7 Å². The maximum absolute atomic E-state index is 13.2. The normalized spacial score (nSPS) is 21.6. The molecule has 0 spiro atoms. The van der Waals surface area contributed by atoms with Crippen molar-refractivity contribution in [1.29, 1.82) is 0 Å². The molecule has 0 bridgehead atoms. The van der Waals surface area contributed by atoms with Crippen LogP contribution in [0.15, 0.2) is 24.3 Å². The summed E-state index contributed by atoms with van der Waals surface area (Å²) >= 11 is 0. The molecule has 2 heterocycles.